The van der Waals surface area contributed by atoms with Crippen LogP contribution in [0.3, 0.4) is 0 Å². The minimum Gasteiger partial charge on any atom is -0.494 e. The van der Waals surface area contributed by atoms with E-state index in [4.69, 9.17) is 4.74 Å². The number of carbonyl (C=O) groups is 2. The van der Waals surface area contributed by atoms with Gasteiger partial charge in [0.2, 0.25) is 0 Å². The number of hydrogen-bond donors (Lipinski definition) is 1. The van der Waals surface area contributed by atoms with E-state index in [9.17, 15) is 9.59 Å². The van der Waals surface area contributed by atoms with Crippen LogP contribution in [0.1, 0.15) is 43.0 Å². The van der Waals surface area contributed by atoms with Gasteiger partial charge in [-0.1, -0.05) is 13.0 Å². The van der Waals surface area contributed by atoms with Crippen molar-refractivity contribution in [3.05, 3.63) is 29.8 Å². The summed E-state index contributed by atoms with van der Waals surface area (Å²) >= 11 is 0. The number of amides is 3. The summed E-state index contributed by atoms with van der Waals surface area (Å²) in [5.74, 6) is 0.788. The number of rotatable bonds is 5. The van der Waals surface area contributed by atoms with E-state index < -0.39 is 0 Å². The van der Waals surface area contributed by atoms with Gasteiger partial charge in [0.25, 0.3) is 5.91 Å². The second-order valence-corrected chi connectivity index (χ2v) is 6.68. The van der Waals surface area contributed by atoms with E-state index >= 15 is 0 Å². The van der Waals surface area contributed by atoms with Crippen molar-refractivity contribution in [2.75, 3.05) is 32.8 Å². The number of carbonyl (C=O) groups excluding carboxylic acids is 2. The van der Waals surface area contributed by atoms with E-state index in [0.717, 1.165) is 44.5 Å². The molecule has 3 rings (SSSR count). The first kappa shape index (κ1) is 17.6. The fraction of sp³-hybridized carbons (Fsp3) is 0.579. The summed E-state index contributed by atoms with van der Waals surface area (Å²) in [6, 6.07) is 7.69. The average molecular weight is 345 g/mol. The molecule has 0 aromatic heterocycles. The summed E-state index contributed by atoms with van der Waals surface area (Å²) in [7, 11) is 0. The lowest BCUT2D eigenvalue weighted by atomic mass is 10.0. The molecular formula is C19H27N3O3. The summed E-state index contributed by atoms with van der Waals surface area (Å²) in [5.41, 5.74) is 0.669. The van der Waals surface area contributed by atoms with Gasteiger partial charge in [0.05, 0.1) is 6.61 Å². The first-order chi connectivity index (χ1) is 12.2. The van der Waals surface area contributed by atoms with Crippen LogP contribution in [-0.2, 0) is 0 Å². The van der Waals surface area contributed by atoms with Gasteiger partial charge in [0.15, 0.2) is 0 Å². The first-order valence-corrected chi connectivity index (χ1v) is 9.25. The molecule has 2 aliphatic heterocycles. The molecule has 6 nitrogen and oxygen atoms in total. The number of ether oxygens (including phenoxy) is 1. The largest absolute Gasteiger partial charge is 0.494 e. The third kappa shape index (κ3) is 4.24. The molecule has 0 aliphatic carbocycles. The molecule has 25 heavy (non-hydrogen) atoms. The summed E-state index contributed by atoms with van der Waals surface area (Å²) in [6.45, 7) is 5.67. The number of likely N-dealkylation sites (tertiary alicyclic amines) is 1. The SMILES string of the molecule is CCCOc1cccc(C(=O)N2CCC(N3CCCNC3=O)CC2)c1. The summed E-state index contributed by atoms with van der Waals surface area (Å²) in [6.07, 6.45) is 3.61. The number of benzene rings is 1. The molecule has 1 N–H and O–H groups in total. The Morgan fingerprint density at radius 3 is 2.80 bits per heavy atom. The highest BCUT2D eigenvalue weighted by Gasteiger charge is 2.31. The molecule has 2 saturated heterocycles. The zero-order valence-electron chi connectivity index (χ0n) is 14.9. The Morgan fingerprint density at radius 2 is 2.08 bits per heavy atom. The Bertz CT molecular complexity index is 612. The molecule has 0 atom stereocenters. The van der Waals surface area contributed by atoms with Crippen molar-refractivity contribution in [1.29, 1.82) is 0 Å². The molecule has 6 heteroatoms. The minimum atomic E-state index is 0.0387. The van der Waals surface area contributed by atoms with Crippen LogP contribution in [0.15, 0.2) is 24.3 Å². The van der Waals surface area contributed by atoms with Gasteiger partial charge in [-0.3, -0.25) is 4.79 Å². The Kier molecular flexibility index (Phi) is 5.79. The Hall–Kier alpha value is -2.24. The second kappa shape index (κ2) is 8.23. The van der Waals surface area contributed by atoms with Gasteiger partial charge in [-0.2, -0.15) is 0 Å². The first-order valence-electron chi connectivity index (χ1n) is 9.25. The van der Waals surface area contributed by atoms with Crippen LogP contribution in [0, 0.1) is 0 Å². The van der Waals surface area contributed by atoms with Crippen LogP contribution in [0.4, 0.5) is 4.79 Å². The van der Waals surface area contributed by atoms with Crippen LogP contribution in [0.2, 0.25) is 0 Å². The predicted molar refractivity (Wildman–Crippen MR) is 95.9 cm³/mol. The lowest BCUT2D eigenvalue weighted by molar-refractivity contribution is 0.0642. The molecule has 1 aromatic carbocycles. The van der Waals surface area contributed by atoms with Crippen LogP contribution >= 0.6 is 0 Å². The van der Waals surface area contributed by atoms with E-state index in [2.05, 4.69) is 12.2 Å². The molecule has 2 fully saturated rings. The quantitative estimate of drug-likeness (QED) is 0.892. The van der Waals surface area contributed by atoms with E-state index in [1.165, 1.54) is 0 Å². The maximum atomic E-state index is 12.8. The van der Waals surface area contributed by atoms with Crippen molar-refractivity contribution in [2.45, 2.75) is 38.6 Å². The number of hydrogen-bond acceptors (Lipinski definition) is 3. The zero-order chi connectivity index (χ0) is 17.6. The predicted octanol–water partition coefficient (Wildman–Crippen LogP) is 2.50. The fourth-order valence-corrected chi connectivity index (χ4v) is 3.50. The smallest absolute Gasteiger partial charge is 0.317 e. The lowest BCUT2D eigenvalue weighted by Crippen LogP contribution is -2.54. The lowest BCUT2D eigenvalue weighted by Gasteiger charge is -2.40. The third-order valence-electron chi connectivity index (χ3n) is 4.86. The van der Waals surface area contributed by atoms with Crippen molar-refractivity contribution in [1.82, 2.24) is 15.1 Å². The van der Waals surface area contributed by atoms with Crippen LogP contribution in [-0.4, -0.2) is 60.6 Å². The summed E-state index contributed by atoms with van der Waals surface area (Å²) in [4.78, 5) is 28.5. The molecule has 0 unspecified atom stereocenters. The minimum absolute atomic E-state index is 0.0387. The van der Waals surface area contributed by atoms with Gasteiger partial charge >= 0.3 is 6.03 Å². The van der Waals surface area contributed by atoms with Crippen LogP contribution in [0.5, 0.6) is 5.75 Å². The second-order valence-electron chi connectivity index (χ2n) is 6.68. The van der Waals surface area contributed by atoms with Gasteiger partial charge in [0, 0.05) is 37.8 Å². The Labute approximate surface area is 149 Å². The molecule has 3 amide bonds. The highest BCUT2D eigenvalue weighted by molar-refractivity contribution is 5.94. The molecule has 1 aromatic rings. The van der Waals surface area contributed by atoms with Gasteiger partial charge in [-0.25, -0.2) is 4.79 Å². The number of nitrogens with one attached hydrogen (secondary N) is 1. The Balaban J connectivity index is 1.57. The van der Waals surface area contributed by atoms with Crippen molar-refractivity contribution < 1.29 is 14.3 Å². The Morgan fingerprint density at radius 1 is 1.28 bits per heavy atom. The standard InChI is InChI=1S/C19H27N3O3/c1-2-13-25-17-6-3-5-15(14-17)18(23)21-11-7-16(8-12-21)22-10-4-9-20-19(22)24/h3,5-6,14,16H,2,4,7-13H2,1H3,(H,20,24). The highest BCUT2D eigenvalue weighted by atomic mass is 16.5. The fourth-order valence-electron chi connectivity index (χ4n) is 3.50. The van der Waals surface area contributed by atoms with E-state index in [1.54, 1.807) is 0 Å². The van der Waals surface area contributed by atoms with E-state index in [1.807, 2.05) is 34.1 Å². The molecule has 0 saturated carbocycles. The number of piperidine rings is 1. The van der Waals surface area contributed by atoms with Gasteiger partial charge < -0.3 is 19.9 Å². The molecule has 0 bridgehead atoms. The average Bonchev–Trinajstić information content (AvgIpc) is 2.66. The molecule has 0 spiro atoms. The number of urea groups is 1. The maximum absolute atomic E-state index is 12.8. The van der Waals surface area contributed by atoms with Gasteiger partial charge in [0.1, 0.15) is 5.75 Å². The normalized spacial score (nSPS) is 18.8. The molecular weight excluding hydrogens is 318 g/mol. The highest BCUT2D eigenvalue weighted by Crippen LogP contribution is 2.21. The molecule has 2 aliphatic rings. The van der Waals surface area contributed by atoms with Crippen molar-refractivity contribution in [3.8, 4) is 5.75 Å². The summed E-state index contributed by atoms with van der Waals surface area (Å²) in [5, 5.41) is 2.90. The molecule has 0 radical (unpaired) electrons. The molecule has 2 heterocycles. The van der Waals surface area contributed by atoms with Crippen molar-refractivity contribution >= 4 is 11.9 Å². The van der Waals surface area contributed by atoms with E-state index in [-0.39, 0.29) is 18.0 Å². The monoisotopic (exact) mass is 345 g/mol. The third-order valence-corrected chi connectivity index (χ3v) is 4.86. The van der Waals surface area contributed by atoms with Crippen molar-refractivity contribution in [2.24, 2.45) is 0 Å². The summed E-state index contributed by atoms with van der Waals surface area (Å²) < 4.78 is 5.62. The molecule has 136 valence electrons. The number of nitrogens with zero attached hydrogens (tertiary/aromatic N) is 2. The topological polar surface area (TPSA) is 61.9 Å². The maximum Gasteiger partial charge on any atom is 0.317 e. The van der Waals surface area contributed by atoms with Crippen LogP contribution < -0.4 is 10.1 Å². The van der Waals surface area contributed by atoms with Crippen molar-refractivity contribution in [3.63, 3.8) is 0 Å². The zero-order valence-corrected chi connectivity index (χ0v) is 14.9. The van der Waals surface area contributed by atoms with Gasteiger partial charge in [-0.15, -0.1) is 0 Å². The van der Waals surface area contributed by atoms with Gasteiger partial charge in [-0.05, 0) is 43.9 Å². The van der Waals surface area contributed by atoms with E-state index in [0.29, 0.717) is 25.3 Å². The van der Waals surface area contributed by atoms with Crippen LogP contribution in [0.25, 0.3) is 0 Å².